The average Bonchev–Trinajstić information content (AvgIpc) is 3.15. The fourth-order valence-electron chi connectivity index (χ4n) is 3.57. The molecule has 1 saturated carbocycles. The Hall–Kier alpha value is -2.21. The van der Waals surface area contributed by atoms with E-state index in [1.807, 2.05) is 27.8 Å². The van der Waals surface area contributed by atoms with Crippen molar-refractivity contribution < 1.29 is 9.53 Å². The van der Waals surface area contributed by atoms with Crippen LogP contribution >= 0.6 is 0 Å². The van der Waals surface area contributed by atoms with Crippen molar-refractivity contribution in [1.29, 1.82) is 0 Å². The molecule has 0 bridgehead atoms. The molecule has 120 valence electrons. The lowest BCUT2D eigenvalue weighted by molar-refractivity contribution is -0.0752. The van der Waals surface area contributed by atoms with Crippen molar-refractivity contribution in [2.24, 2.45) is 0 Å². The van der Waals surface area contributed by atoms with Gasteiger partial charge in [-0.2, -0.15) is 0 Å². The van der Waals surface area contributed by atoms with Crippen LogP contribution < -0.4 is 0 Å². The van der Waals surface area contributed by atoms with Crippen LogP contribution in [-0.4, -0.2) is 50.6 Å². The van der Waals surface area contributed by atoms with Crippen LogP contribution in [0.25, 0.3) is 5.82 Å². The normalized spacial score (nSPS) is 24.3. The minimum absolute atomic E-state index is 0.0647. The van der Waals surface area contributed by atoms with E-state index in [0.717, 1.165) is 18.7 Å². The van der Waals surface area contributed by atoms with E-state index in [1.165, 1.54) is 12.8 Å². The van der Waals surface area contributed by atoms with E-state index < -0.39 is 0 Å². The molecule has 4 rings (SSSR count). The Morgan fingerprint density at radius 2 is 2.17 bits per heavy atom. The fourth-order valence-corrected chi connectivity index (χ4v) is 3.57. The molecule has 0 N–H and O–H groups in total. The number of carbonyl (C=O) groups excluding carboxylic acids is 1. The highest BCUT2D eigenvalue weighted by Gasteiger charge is 2.36. The van der Waals surface area contributed by atoms with E-state index in [1.54, 1.807) is 18.7 Å². The van der Waals surface area contributed by atoms with E-state index in [2.05, 4.69) is 9.97 Å². The number of ether oxygens (including phenoxy) is 1. The van der Waals surface area contributed by atoms with Crippen molar-refractivity contribution in [1.82, 2.24) is 19.4 Å². The van der Waals surface area contributed by atoms with Crippen LogP contribution in [0.3, 0.4) is 0 Å². The molecule has 2 aromatic heterocycles. The lowest BCUT2D eigenvalue weighted by Crippen LogP contribution is -2.54. The first-order chi connectivity index (χ1) is 11.3. The zero-order valence-electron chi connectivity index (χ0n) is 13.0. The summed E-state index contributed by atoms with van der Waals surface area (Å²) in [6.45, 7) is 1.30. The Bertz CT molecular complexity index is 666. The van der Waals surface area contributed by atoms with Crippen molar-refractivity contribution in [3.8, 4) is 5.82 Å². The molecule has 0 spiro atoms. The van der Waals surface area contributed by atoms with Crippen LogP contribution in [-0.2, 0) is 4.74 Å². The number of hydrogen-bond donors (Lipinski definition) is 0. The molecule has 3 heterocycles. The summed E-state index contributed by atoms with van der Waals surface area (Å²) < 4.78 is 7.67. The SMILES string of the molecule is O=C(c1ccc(-n2ccnc2)nc1)N1CCO[C@@H]2CCCC[C@@H]21. The molecule has 23 heavy (non-hydrogen) atoms. The monoisotopic (exact) mass is 312 g/mol. The number of hydrogen-bond acceptors (Lipinski definition) is 4. The maximum absolute atomic E-state index is 12.9. The number of carbonyl (C=O) groups is 1. The Balaban J connectivity index is 1.54. The predicted octanol–water partition coefficient (Wildman–Crippen LogP) is 2.05. The van der Waals surface area contributed by atoms with Gasteiger partial charge in [-0.3, -0.25) is 9.36 Å². The average molecular weight is 312 g/mol. The largest absolute Gasteiger partial charge is 0.374 e. The van der Waals surface area contributed by atoms with Crippen molar-refractivity contribution >= 4 is 5.91 Å². The number of nitrogens with zero attached hydrogens (tertiary/aromatic N) is 4. The molecular weight excluding hydrogens is 292 g/mol. The molecule has 2 aliphatic rings. The van der Waals surface area contributed by atoms with Gasteiger partial charge in [-0.15, -0.1) is 0 Å². The van der Waals surface area contributed by atoms with Crippen molar-refractivity contribution in [3.63, 3.8) is 0 Å². The second-order valence-electron chi connectivity index (χ2n) is 6.13. The molecule has 2 atom stereocenters. The van der Waals surface area contributed by atoms with Gasteiger partial charge < -0.3 is 9.64 Å². The van der Waals surface area contributed by atoms with Gasteiger partial charge in [-0.1, -0.05) is 12.8 Å². The minimum atomic E-state index is 0.0647. The third-order valence-corrected chi connectivity index (χ3v) is 4.76. The van der Waals surface area contributed by atoms with Crippen molar-refractivity contribution in [2.75, 3.05) is 13.2 Å². The molecule has 1 saturated heterocycles. The maximum Gasteiger partial charge on any atom is 0.255 e. The Morgan fingerprint density at radius 3 is 2.96 bits per heavy atom. The second kappa shape index (κ2) is 6.12. The first-order valence-electron chi connectivity index (χ1n) is 8.20. The number of pyridine rings is 1. The fraction of sp³-hybridized carbons (Fsp3) is 0.471. The van der Waals surface area contributed by atoms with Gasteiger partial charge in [0.15, 0.2) is 0 Å². The number of morpholine rings is 1. The first-order valence-corrected chi connectivity index (χ1v) is 8.20. The molecule has 1 aliphatic heterocycles. The van der Waals surface area contributed by atoms with E-state index in [9.17, 15) is 4.79 Å². The van der Waals surface area contributed by atoms with Gasteiger partial charge in [0, 0.05) is 25.1 Å². The van der Waals surface area contributed by atoms with Crippen LogP contribution in [0.5, 0.6) is 0 Å². The lowest BCUT2D eigenvalue weighted by atomic mass is 9.90. The summed E-state index contributed by atoms with van der Waals surface area (Å²) in [4.78, 5) is 23.2. The van der Waals surface area contributed by atoms with Crippen LogP contribution in [0.15, 0.2) is 37.1 Å². The van der Waals surface area contributed by atoms with Crippen LogP contribution in [0.1, 0.15) is 36.0 Å². The van der Waals surface area contributed by atoms with Crippen molar-refractivity contribution in [2.45, 2.75) is 37.8 Å². The highest BCUT2D eigenvalue weighted by Crippen LogP contribution is 2.29. The maximum atomic E-state index is 12.9. The van der Waals surface area contributed by atoms with Gasteiger partial charge >= 0.3 is 0 Å². The number of amides is 1. The topological polar surface area (TPSA) is 60.2 Å². The number of imidazole rings is 1. The molecule has 2 aromatic rings. The minimum Gasteiger partial charge on any atom is -0.374 e. The molecule has 0 aromatic carbocycles. The molecular formula is C17H20N4O2. The third kappa shape index (κ3) is 2.74. The van der Waals surface area contributed by atoms with E-state index >= 15 is 0 Å². The Morgan fingerprint density at radius 1 is 1.26 bits per heavy atom. The summed E-state index contributed by atoms with van der Waals surface area (Å²) >= 11 is 0. The molecule has 6 heteroatoms. The summed E-state index contributed by atoms with van der Waals surface area (Å²) in [5.41, 5.74) is 0.639. The zero-order valence-corrected chi connectivity index (χ0v) is 13.0. The van der Waals surface area contributed by atoms with Crippen LogP contribution in [0.2, 0.25) is 0 Å². The number of aromatic nitrogens is 3. The van der Waals surface area contributed by atoms with Gasteiger partial charge in [0.2, 0.25) is 0 Å². The summed E-state index contributed by atoms with van der Waals surface area (Å²) in [5.74, 6) is 0.825. The Kier molecular flexibility index (Phi) is 3.83. The smallest absolute Gasteiger partial charge is 0.255 e. The summed E-state index contributed by atoms with van der Waals surface area (Å²) in [5, 5.41) is 0. The van der Waals surface area contributed by atoms with Gasteiger partial charge in [0.1, 0.15) is 12.1 Å². The molecule has 1 aliphatic carbocycles. The standard InChI is InChI=1S/C17H20N4O2/c22-17(21-9-10-23-15-4-2-1-3-14(15)21)13-5-6-16(19-11-13)20-8-7-18-12-20/h5-8,11-12,14-15H,1-4,9-10H2/t14-,15+/m0/s1. The van der Waals surface area contributed by atoms with Gasteiger partial charge in [0.05, 0.1) is 24.3 Å². The van der Waals surface area contributed by atoms with Crippen LogP contribution in [0, 0.1) is 0 Å². The number of rotatable bonds is 2. The first kappa shape index (κ1) is 14.4. The van der Waals surface area contributed by atoms with Gasteiger partial charge in [-0.05, 0) is 25.0 Å². The zero-order chi connectivity index (χ0) is 15.6. The molecule has 2 fully saturated rings. The van der Waals surface area contributed by atoms with Gasteiger partial charge in [-0.25, -0.2) is 9.97 Å². The Labute approximate surface area is 135 Å². The van der Waals surface area contributed by atoms with E-state index in [-0.39, 0.29) is 18.1 Å². The molecule has 1 amide bonds. The predicted molar refractivity (Wildman–Crippen MR) is 84.4 cm³/mol. The van der Waals surface area contributed by atoms with Gasteiger partial charge in [0.25, 0.3) is 5.91 Å². The highest BCUT2D eigenvalue weighted by atomic mass is 16.5. The summed E-state index contributed by atoms with van der Waals surface area (Å²) in [7, 11) is 0. The molecule has 0 unspecified atom stereocenters. The van der Waals surface area contributed by atoms with E-state index in [4.69, 9.17) is 4.74 Å². The summed E-state index contributed by atoms with van der Waals surface area (Å²) in [6.07, 6.45) is 11.6. The lowest BCUT2D eigenvalue weighted by Gasteiger charge is -2.43. The third-order valence-electron chi connectivity index (χ3n) is 4.76. The van der Waals surface area contributed by atoms with E-state index in [0.29, 0.717) is 18.7 Å². The van der Waals surface area contributed by atoms with Crippen molar-refractivity contribution in [3.05, 3.63) is 42.6 Å². The molecule has 6 nitrogen and oxygen atoms in total. The molecule has 0 radical (unpaired) electrons. The number of fused-ring (bicyclic) bond motifs is 1. The quantitative estimate of drug-likeness (QED) is 0.851. The summed E-state index contributed by atoms with van der Waals surface area (Å²) in [6, 6.07) is 3.92. The second-order valence-corrected chi connectivity index (χ2v) is 6.13. The van der Waals surface area contributed by atoms with Crippen LogP contribution in [0.4, 0.5) is 0 Å². The highest BCUT2D eigenvalue weighted by molar-refractivity contribution is 5.94.